The maximum atomic E-state index is 11.7. The number of non-ortho nitro benzene ring substituents is 1. The molecule has 1 aromatic rings. The van der Waals surface area contributed by atoms with Crippen LogP contribution in [0.1, 0.15) is 49.4 Å². The summed E-state index contributed by atoms with van der Waals surface area (Å²) in [7, 11) is 0. The minimum absolute atomic E-state index is 0.0486. The molecule has 0 unspecified atom stereocenters. The molecule has 0 bridgehead atoms. The van der Waals surface area contributed by atoms with Gasteiger partial charge in [-0.1, -0.05) is 26.2 Å². The van der Waals surface area contributed by atoms with Crippen LogP contribution in [0.15, 0.2) is 24.3 Å². The number of amides is 1. The molecular weight excluding hydrogens is 300 g/mol. The zero-order valence-electron chi connectivity index (χ0n) is 13.2. The summed E-state index contributed by atoms with van der Waals surface area (Å²) in [5.41, 5.74) is 0.151. The Balaban J connectivity index is 2.21. The molecule has 0 aliphatic rings. The number of carbonyl (C=O) groups is 2. The van der Waals surface area contributed by atoms with Crippen LogP contribution >= 0.6 is 0 Å². The van der Waals surface area contributed by atoms with Crippen LogP contribution in [-0.2, 0) is 9.53 Å². The average Bonchev–Trinajstić information content (AvgIpc) is 2.55. The summed E-state index contributed by atoms with van der Waals surface area (Å²) in [6.45, 7) is 2.43. The van der Waals surface area contributed by atoms with Crippen molar-refractivity contribution in [1.29, 1.82) is 0 Å². The van der Waals surface area contributed by atoms with Gasteiger partial charge in [0.05, 0.1) is 17.0 Å². The van der Waals surface area contributed by atoms with E-state index in [4.69, 9.17) is 4.74 Å². The van der Waals surface area contributed by atoms with Crippen molar-refractivity contribution >= 4 is 17.6 Å². The molecule has 0 heterocycles. The van der Waals surface area contributed by atoms with Gasteiger partial charge in [-0.2, -0.15) is 0 Å². The Morgan fingerprint density at radius 3 is 2.48 bits per heavy atom. The predicted octanol–water partition coefficient (Wildman–Crippen LogP) is 2.84. The van der Waals surface area contributed by atoms with Gasteiger partial charge in [0.15, 0.2) is 0 Å². The molecule has 7 nitrogen and oxygen atoms in total. The molecular formula is C16H22N2O5. The fourth-order valence-electron chi connectivity index (χ4n) is 1.94. The third-order valence-corrected chi connectivity index (χ3v) is 3.23. The number of unbranched alkanes of at least 4 members (excludes halogenated alkanes) is 3. The second-order valence-electron chi connectivity index (χ2n) is 5.10. The van der Waals surface area contributed by atoms with Crippen LogP contribution in [0.5, 0.6) is 0 Å². The summed E-state index contributed by atoms with van der Waals surface area (Å²) in [5, 5.41) is 13.2. The third-order valence-electron chi connectivity index (χ3n) is 3.23. The number of hydrogen-bond donors (Lipinski definition) is 1. The third kappa shape index (κ3) is 7.39. The van der Waals surface area contributed by atoms with Crippen LogP contribution in [0.3, 0.4) is 0 Å². The first-order valence-electron chi connectivity index (χ1n) is 7.73. The first-order valence-corrected chi connectivity index (χ1v) is 7.73. The van der Waals surface area contributed by atoms with E-state index < -0.39 is 10.9 Å². The SMILES string of the molecule is CCCCCCC(=O)NCCOC(=O)c1ccc([N+](=O)[O-])cc1. The fraction of sp³-hybridized carbons (Fsp3) is 0.500. The Morgan fingerprint density at radius 1 is 1.17 bits per heavy atom. The predicted molar refractivity (Wildman–Crippen MR) is 85.1 cm³/mol. The number of rotatable bonds is 10. The lowest BCUT2D eigenvalue weighted by atomic mass is 10.1. The molecule has 1 aromatic carbocycles. The summed E-state index contributed by atoms with van der Waals surface area (Å²) < 4.78 is 5.00. The van der Waals surface area contributed by atoms with Crippen molar-refractivity contribution in [3.63, 3.8) is 0 Å². The lowest BCUT2D eigenvalue weighted by molar-refractivity contribution is -0.384. The van der Waals surface area contributed by atoms with E-state index in [2.05, 4.69) is 12.2 Å². The number of nitrogens with one attached hydrogen (secondary N) is 1. The molecule has 0 spiro atoms. The van der Waals surface area contributed by atoms with Crippen LogP contribution in [0, 0.1) is 10.1 Å². The number of nitrogens with zero attached hydrogens (tertiary/aromatic N) is 1. The molecule has 0 aliphatic carbocycles. The highest BCUT2D eigenvalue weighted by atomic mass is 16.6. The largest absolute Gasteiger partial charge is 0.460 e. The molecule has 0 radical (unpaired) electrons. The number of hydrogen-bond acceptors (Lipinski definition) is 5. The van der Waals surface area contributed by atoms with E-state index in [1.54, 1.807) is 0 Å². The molecule has 0 fully saturated rings. The summed E-state index contributed by atoms with van der Waals surface area (Å²) in [4.78, 5) is 33.2. The van der Waals surface area contributed by atoms with E-state index in [9.17, 15) is 19.7 Å². The van der Waals surface area contributed by atoms with E-state index in [-0.39, 0.29) is 30.3 Å². The van der Waals surface area contributed by atoms with Gasteiger partial charge in [-0.05, 0) is 18.6 Å². The zero-order valence-corrected chi connectivity index (χ0v) is 13.2. The standard InChI is InChI=1S/C16H22N2O5/c1-2-3-4-5-6-15(19)17-11-12-23-16(20)13-7-9-14(10-8-13)18(21)22/h7-10H,2-6,11-12H2,1H3,(H,17,19). The molecule has 0 saturated heterocycles. The fourth-order valence-corrected chi connectivity index (χ4v) is 1.94. The molecule has 126 valence electrons. The zero-order chi connectivity index (χ0) is 17.1. The van der Waals surface area contributed by atoms with Crippen LogP contribution < -0.4 is 5.32 Å². The number of esters is 1. The summed E-state index contributed by atoms with van der Waals surface area (Å²) >= 11 is 0. The quantitative estimate of drug-likeness (QED) is 0.309. The van der Waals surface area contributed by atoms with Crippen molar-refractivity contribution in [2.24, 2.45) is 0 Å². The van der Waals surface area contributed by atoms with Crippen LogP contribution in [0.4, 0.5) is 5.69 Å². The van der Waals surface area contributed by atoms with E-state index in [0.717, 1.165) is 25.7 Å². The van der Waals surface area contributed by atoms with E-state index in [0.29, 0.717) is 6.42 Å². The molecule has 7 heteroatoms. The molecule has 23 heavy (non-hydrogen) atoms. The Bertz CT molecular complexity index is 528. The normalized spacial score (nSPS) is 10.1. The first kappa shape index (κ1) is 18.6. The number of ether oxygens (including phenoxy) is 1. The van der Waals surface area contributed by atoms with Crippen molar-refractivity contribution in [2.45, 2.75) is 39.0 Å². The Hall–Kier alpha value is -2.44. The lowest BCUT2D eigenvalue weighted by Gasteiger charge is -2.07. The van der Waals surface area contributed by atoms with Gasteiger partial charge >= 0.3 is 5.97 Å². The number of nitro groups is 1. The molecule has 0 atom stereocenters. The Labute approximate surface area is 135 Å². The van der Waals surface area contributed by atoms with E-state index in [1.165, 1.54) is 24.3 Å². The minimum Gasteiger partial charge on any atom is -0.460 e. The average molecular weight is 322 g/mol. The maximum absolute atomic E-state index is 11.7. The van der Waals surface area contributed by atoms with E-state index >= 15 is 0 Å². The molecule has 0 aromatic heterocycles. The summed E-state index contributed by atoms with van der Waals surface area (Å²) in [6.07, 6.45) is 4.64. The lowest BCUT2D eigenvalue weighted by Crippen LogP contribution is -2.27. The molecule has 0 saturated carbocycles. The highest BCUT2D eigenvalue weighted by molar-refractivity contribution is 5.89. The number of nitro benzene ring substituents is 1. The van der Waals surface area contributed by atoms with Gasteiger partial charge in [0, 0.05) is 18.6 Å². The van der Waals surface area contributed by atoms with E-state index in [1.807, 2.05) is 0 Å². The highest BCUT2D eigenvalue weighted by Crippen LogP contribution is 2.12. The first-order chi connectivity index (χ1) is 11.0. The van der Waals surface area contributed by atoms with Gasteiger partial charge in [-0.15, -0.1) is 0 Å². The highest BCUT2D eigenvalue weighted by Gasteiger charge is 2.10. The summed E-state index contributed by atoms with van der Waals surface area (Å²) in [5.74, 6) is -0.621. The molecule has 1 rings (SSSR count). The van der Waals surface area contributed by atoms with Gasteiger partial charge in [0.1, 0.15) is 6.61 Å². The van der Waals surface area contributed by atoms with Gasteiger partial charge in [0.25, 0.3) is 5.69 Å². The smallest absolute Gasteiger partial charge is 0.338 e. The van der Waals surface area contributed by atoms with Gasteiger partial charge in [-0.3, -0.25) is 14.9 Å². The Kier molecular flexibility index (Phi) is 8.34. The molecule has 0 aliphatic heterocycles. The number of carbonyl (C=O) groups excluding carboxylic acids is 2. The summed E-state index contributed by atoms with van der Waals surface area (Å²) in [6, 6.07) is 5.17. The van der Waals surface area contributed by atoms with Crippen LogP contribution in [-0.4, -0.2) is 30.0 Å². The van der Waals surface area contributed by atoms with Gasteiger partial charge in [-0.25, -0.2) is 4.79 Å². The van der Waals surface area contributed by atoms with Gasteiger partial charge < -0.3 is 10.1 Å². The maximum Gasteiger partial charge on any atom is 0.338 e. The van der Waals surface area contributed by atoms with Crippen molar-refractivity contribution < 1.29 is 19.2 Å². The van der Waals surface area contributed by atoms with Crippen molar-refractivity contribution in [3.8, 4) is 0 Å². The monoisotopic (exact) mass is 322 g/mol. The molecule has 1 N–H and O–H groups in total. The minimum atomic E-state index is -0.572. The Morgan fingerprint density at radius 2 is 1.87 bits per heavy atom. The second-order valence-corrected chi connectivity index (χ2v) is 5.10. The topological polar surface area (TPSA) is 98.5 Å². The second kappa shape index (κ2) is 10.3. The van der Waals surface area contributed by atoms with Crippen LogP contribution in [0.25, 0.3) is 0 Å². The van der Waals surface area contributed by atoms with Crippen molar-refractivity contribution in [3.05, 3.63) is 39.9 Å². The van der Waals surface area contributed by atoms with Gasteiger partial charge in [0.2, 0.25) is 5.91 Å². The number of benzene rings is 1. The molecule has 1 amide bonds. The van der Waals surface area contributed by atoms with Crippen LogP contribution in [0.2, 0.25) is 0 Å². The van der Waals surface area contributed by atoms with Crippen molar-refractivity contribution in [2.75, 3.05) is 13.2 Å². The van der Waals surface area contributed by atoms with Crippen molar-refractivity contribution in [1.82, 2.24) is 5.32 Å².